The summed E-state index contributed by atoms with van der Waals surface area (Å²) < 4.78 is 25.2. The van der Waals surface area contributed by atoms with Crippen LogP contribution in [0.3, 0.4) is 0 Å². The highest BCUT2D eigenvalue weighted by Gasteiger charge is 2.02. The second-order valence-electron chi connectivity index (χ2n) is 2.15. The van der Waals surface area contributed by atoms with Crippen LogP contribution in [0.4, 0.5) is 0 Å². The summed E-state index contributed by atoms with van der Waals surface area (Å²) in [5, 5.41) is 4.62. The number of benzene rings is 1. The molecule has 0 aliphatic rings. The molecule has 0 bridgehead atoms. The average molecular weight is 185 g/mol. The van der Waals surface area contributed by atoms with Crippen LogP contribution in [0, 0.1) is 6.92 Å². The summed E-state index contributed by atoms with van der Waals surface area (Å²) in [4.78, 5) is 0. The molecular formula is C7H7NO3S. The van der Waals surface area contributed by atoms with Crippen molar-refractivity contribution in [1.29, 1.82) is 0 Å². The minimum Gasteiger partial charge on any atom is -0.371 e. The van der Waals surface area contributed by atoms with Gasteiger partial charge in [0.1, 0.15) is 5.75 Å². The number of hydrogen-bond acceptors (Lipinski definition) is 3. The second kappa shape index (κ2) is 3.12. The lowest BCUT2D eigenvalue weighted by atomic mass is 10.2. The van der Waals surface area contributed by atoms with Gasteiger partial charge in [-0.15, -0.1) is 0 Å². The Morgan fingerprint density at radius 2 is 1.75 bits per heavy atom. The van der Waals surface area contributed by atoms with Crippen molar-refractivity contribution in [3.05, 3.63) is 36.8 Å². The zero-order chi connectivity index (χ0) is 9.19. The van der Waals surface area contributed by atoms with Gasteiger partial charge in [0.05, 0.1) is 0 Å². The van der Waals surface area contributed by atoms with Crippen molar-refractivity contribution in [1.82, 2.24) is 0 Å². The first-order valence-corrected chi connectivity index (χ1v) is 4.52. The van der Waals surface area contributed by atoms with E-state index in [1.165, 1.54) is 24.3 Å². The molecule has 0 unspecified atom stereocenters. The molecule has 0 aromatic heterocycles. The molecule has 0 aliphatic carbocycles. The third-order valence-electron chi connectivity index (χ3n) is 1.09. The van der Waals surface area contributed by atoms with E-state index in [4.69, 9.17) is 6.92 Å². The molecule has 0 amide bonds. The van der Waals surface area contributed by atoms with Crippen LogP contribution in [-0.4, -0.2) is 8.42 Å². The Kier molecular flexibility index (Phi) is 2.35. The van der Waals surface area contributed by atoms with E-state index in [9.17, 15) is 8.42 Å². The van der Waals surface area contributed by atoms with Crippen molar-refractivity contribution in [2.75, 3.05) is 0 Å². The van der Waals surface area contributed by atoms with E-state index >= 15 is 0 Å². The second-order valence-corrected chi connectivity index (χ2v) is 3.30. The van der Waals surface area contributed by atoms with Crippen LogP contribution in [0.25, 0.3) is 0 Å². The Bertz CT molecular complexity index is 355. The summed E-state index contributed by atoms with van der Waals surface area (Å²) in [6, 6.07) is 5.86. The van der Waals surface area contributed by atoms with Gasteiger partial charge in [0.25, 0.3) is 0 Å². The topological polar surface area (TPSA) is 69.4 Å². The van der Waals surface area contributed by atoms with Gasteiger partial charge in [-0.05, 0) is 24.6 Å². The van der Waals surface area contributed by atoms with Gasteiger partial charge in [-0.3, -0.25) is 0 Å². The molecule has 0 fully saturated rings. The molecule has 0 aliphatic heterocycles. The van der Waals surface area contributed by atoms with E-state index < -0.39 is 10.3 Å². The Balaban J connectivity index is 2.85. The molecule has 12 heavy (non-hydrogen) atoms. The van der Waals surface area contributed by atoms with Crippen molar-refractivity contribution in [3.8, 4) is 5.75 Å². The lowest BCUT2D eigenvalue weighted by Crippen LogP contribution is -2.18. The van der Waals surface area contributed by atoms with Crippen LogP contribution >= 0.6 is 0 Å². The third kappa shape index (κ3) is 2.89. The molecule has 5 heteroatoms. The van der Waals surface area contributed by atoms with Gasteiger partial charge in [0, 0.05) is 0 Å². The summed E-state index contributed by atoms with van der Waals surface area (Å²) in [7, 11) is -3.93. The quantitative estimate of drug-likeness (QED) is 0.721. The predicted octanol–water partition coefficient (Wildman–Crippen LogP) is 0.328. The van der Waals surface area contributed by atoms with Gasteiger partial charge in [-0.1, -0.05) is 12.1 Å². The molecular weight excluding hydrogens is 178 g/mol. The van der Waals surface area contributed by atoms with Crippen molar-refractivity contribution in [2.24, 2.45) is 5.14 Å². The fourth-order valence-corrected chi connectivity index (χ4v) is 1.04. The molecule has 0 atom stereocenters. The monoisotopic (exact) mass is 185 g/mol. The zero-order valence-electron chi connectivity index (χ0n) is 6.10. The van der Waals surface area contributed by atoms with Gasteiger partial charge in [0.2, 0.25) is 0 Å². The minimum absolute atomic E-state index is 0.145. The average Bonchev–Trinajstić information content (AvgIpc) is 1.91. The molecule has 64 valence electrons. The predicted molar refractivity (Wildman–Crippen MR) is 43.6 cm³/mol. The molecule has 4 nitrogen and oxygen atoms in total. The first kappa shape index (κ1) is 9.02. The highest BCUT2D eigenvalue weighted by Crippen LogP contribution is 2.12. The van der Waals surface area contributed by atoms with Gasteiger partial charge < -0.3 is 4.18 Å². The molecule has 2 N–H and O–H groups in total. The van der Waals surface area contributed by atoms with Gasteiger partial charge in [-0.25, -0.2) is 0 Å². The first-order valence-electron chi connectivity index (χ1n) is 3.05. The maximum absolute atomic E-state index is 10.4. The Morgan fingerprint density at radius 1 is 1.25 bits per heavy atom. The van der Waals surface area contributed by atoms with E-state index in [-0.39, 0.29) is 5.75 Å². The number of rotatable bonds is 2. The lowest BCUT2D eigenvalue weighted by molar-refractivity contribution is 0.488. The SMILES string of the molecule is [CH]c1ccc(OS(N)(=O)=O)cc1. The van der Waals surface area contributed by atoms with Gasteiger partial charge in [0.15, 0.2) is 0 Å². The Hall–Kier alpha value is -1.07. The van der Waals surface area contributed by atoms with E-state index in [0.29, 0.717) is 5.56 Å². The minimum atomic E-state index is -3.93. The normalized spacial score (nSPS) is 11.2. The van der Waals surface area contributed by atoms with Crippen LogP contribution in [0.5, 0.6) is 5.75 Å². The maximum Gasteiger partial charge on any atom is 0.380 e. The van der Waals surface area contributed by atoms with E-state index in [1.54, 1.807) is 0 Å². The summed E-state index contributed by atoms with van der Waals surface area (Å²) >= 11 is 0. The van der Waals surface area contributed by atoms with Gasteiger partial charge in [-0.2, -0.15) is 13.6 Å². The molecule has 2 radical (unpaired) electrons. The Morgan fingerprint density at radius 3 is 2.17 bits per heavy atom. The van der Waals surface area contributed by atoms with Crippen LogP contribution in [0.15, 0.2) is 24.3 Å². The van der Waals surface area contributed by atoms with Crippen LogP contribution in [0.1, 0.15) is 5.56 Å². The van der Waals surface area contributed by atoms with E-state index in [1.807, 2.05) is 0 Å². The number of nitrogens with two attached hydrogens (primary N) is 1. The zero-order valence-corrected chi connectivity index (χ0v) is 6.91. The molecule has 0 spiro atoms. The van der Waals surface area contributed by atoms with Crippen molar-refractivity contribution in [3.63, 3.8) is 0 Å². The maximum atomic E-state index is 10.4. The standard InChI is InChI=1S/C7H7NO3S/c1-6-2-4-7(5-3-6)11-12(8,9)10/h1-5H,(H2,8,9,10). The molecule has 0 saturated heterocycles. The highest BCUT2D eigenvalue weighted by molar-refractivity contribution is 7.84. The van der Waals surface area contributed by atoms with Crippen molar-refractivity contribution < 1.29 is 12.6 Å². The van der Waals surface area contributed by atoms with Gasteiger partial charge >= 0.3 is 10.3 Å². The largest absolute Gasteiger partial charge is 0.380 e. The molecule has 1 aromatic rings. The Labute approximate surface area is 71.2 Å². The fraction of sp³-hybridized carbons (Fsp3) is 0. The summed E-state index contributed by atoms with van der Waals surface area (Å²) in [6.07, 6.45) is 0. The molecule has 0 saturated carbocycles. The molecule has 1 rings (SSSR count). The van der Waals surface area contributed by atoms with E-state index in [2.05, 4.69) is 9.32 Å². The summed E-state index contributed by atoms with van der Waals surface area (Å²) in [5.74, 6) is 0.145. The third-order valence-corrected chi connectivity index (χ3v) is 1.52. The van der Waals surface area contributed by atoms with Crippen molar-refractivity contribution in [2.45, 2.75) is 0 Å². The summed E-state index contributed by atoms with van der Waals surface area (Å²) in [6.45, 7) is 5.35. The van der Waals surface area contributed by atoms with Crippen LogP contribution in [-0.2, 0) is 10.3 Å². The lowest BCUT2D eigenvalue weighted by Gasteiger charge is -2.01. The van der Waals surface area contributed by atoms with Crippen LogP contribution in [0.2, 0.25) is 0 Å². The number of hydrogen-bond donors (Lipinski definition) is 1. The molecule has 1 aromatic carbocycles. The first-order chi connectivity index (χ1) is 5.47. The van der Waals surface area contributed by atoms with Crippen molar-refractivity contribution >= 4 is 10.3 Å². The van der Waals surface area contributed by atoms with E-state index in [0.717, 1.165) is 0 Å². The fourth-order valence-electron chi connectivity index (χ4n) is 0.658. The smallest absolute Gasteiger partial charge is 0.371 e. The molecule has 0 heterocycles. The highest BCUT2D eigenvalue weighted by atomic mass is 32.2. The van der Waals surface area contributed by atoms with Crippen LogP contribution < -0.4 is 9.32 Å². The summed E-state index contributed by atoms with van der Waals surface area (Å²) in [5.41, 5.74) is 0.525.